The molecule has 0 N–H and O–H groups in total. The molecule has 7 nitrogen and oxygen atoms in total. The molecular formula is C51H29N5O2S. The fraction of sp³-hybridized carbons (Fsp3) is 0. The lowest BCUT2D eigenvalue weighted by Crippen LogP contribution is -2.01. The van der Waals surface area contributed by atoms with Crippen molar-refractivity contribution in [1.82, 2.24) is 24.9 Å². The zero-order valence-electron chi connectivity index (χ0n) is 31.2. The summed E-state index contributed by atoms with van der Waals surface area (Å²) < 4.78 is 13.8. The van der Waals surface area contributed by atoms with Crippen molar-refractivity contribution >= 4 is 65.4 Å². The summed E-state index contributed by atoms with van der Waals surface area (Å²) in [4.78, 5) is 25.7. The predicted octanol–water partition coefficient (Wildman–Crippen LogP) is 13.7. The molecule has 0 saturated carbocycles. The zero-order chi connectivity index (χ0) is 38.9. The van der Waals surface area contributed by atoms with Crippen LogP contribution in [0.1, 0.15) is 0 Å². The van der Waals surface area contributed by atoms with Crippen molar-refractivity contribution in [1.29, 1.82) is 0 Å². The summed E-state index contributed by atoms with van der Waals surface area (Å²) in [7, 11) is 0. The number of aromatic nitrogens is 5. The van der Waals surface area contributed by atoms with Gasteiger partial charge in [0.05, 0.1) is 10.2 Å². The highest BCUT2D eigenvalue weighted by Crippen LogP contribution is 2.40. The van der Waals surface area contributed by atoms with E-state index in [1.54, 1.807) is 11.3 Å². The van der Waals surface area contributed by atoms with E-state index in [9.17, 15) is 0 Å². The van der Waals surface area contributed by atoms with E-state index in [-0.39, 0.29) is 0 Å². The van der Waals surface area contributed by atoms with Crippen LogP contribution in [0.5, 0.6) is 0 Å². The summed E-state index contributed by atoms with van der Waals surface area (Å²) in [6.45, 7) is 0. The Bertz CT molecular complexity index is 3440. The number of nitrogens with zero attached hydrogens (tertiary/aromatic N) is 5. The molecule has 0 saturated heterocycles. The molecule has 12 aromatic rings. The van der Waals surface area contributed by atoms with Crippen LogP contribution >= 0.6 is 11.3 Å². The number of benzene rings is 8. The molecule has 0 fully saturated rings. The van der Waals surface area contributed by atoms with E-state index in [2.05, 4.69) is 97.1 Å². The topological polar surface area (TPSA) is 90.7 Å². The maximum absolute atomic E-state index is 6.35. The molecule has 0 unspecified atom stereocenters. The van der Waals surface area contributed by atoms with Crippen molar-refractivity contribution in [2.45, 2.75) is 0 Å². The van der Waals surface area contributed by atoms with Crippen LogP contribution in [0, 0.1) is 0 Å². The third kappa shape index (κ3) is 5.85. The van der Waals surface area contributed by atoms with Gasteiger partial charge in [0, 0.05) is 38.6 Å². The second-order valence-corrected chi connectivity index (χ2v) is 15.5. The van der Waals surface area contributed by atoms with Gasteiger partial charge in [-0.2, -0.15) is 0 Å². The maximum Gasteiger partial charge on any atom is 0.227 e. The van der Waals surface area contributed by atoms with Crippen LogP contribution in [0.25, 0.3) is 121 Å². The quantitative estimate of drug-likeness (QED) is 0.166. The number of hydrogen-bond donors (Lipinski definition) is 0. The van der Waals surface area contributed by atoms with E-state index in [1.165, 1.54) is 10.8 Å². The van der Waals surface area contributed by atoms with Crippen LogP contribution in [-0.2, 0) is 0 Å². The second-order valence-electron chi connectivity index (χ2n) is 14.5. The van der Waals surface area contributed by atoms with E-state index in [4.69, 9.17) is 33.8 Å². The van der Waals surface area contributed by atoms with Crippen molar-refractivity contribution < 1.29 is 8.83 Å². The Labute approximate surface area is 341 Å². The zero-order valence-corrected chi connectivity index (χ0v) is 32.0. The maximum atomic E-state index is 6.35. The highest BCUT2D eigenvalue weighted by atomic mass is 32.1. The first kappa shape index (κ1) is 33.3. The third-order valence-electron chi connectivity index (χ3n) is 10.8. The molecule has 4 heterocycles. The largest absolute Gasteiger partial charge is 0.456 e. The molecule has 8 heteroatoms. The van der Waals surface area contributed by atoms with Gasteiger partial charge in [-0.15, -0.1) is 11.3 Å². The Morgan fingerprint density at radius 1 is 0.373 bits per heavy atom. The highest BCUT2D eigenvalue weighted by molar-refractivity contribution is 7.21. The Balaban J connectivity index is 1.09. The van der Waals surface area contributed by atoms with E-state index >= 15 is 0 Å². The average molecular weight is 776 g/mol. The van der Waals surface area contributed by atoms with Gasteiger partial charge >= 0.3 is 0 Å². The summed E-state index contributed by atoms with van der Waals surface area (Å²) in [5.74, 6) is 2.09. The Kier molecular flexibility index (Phi) is 7.57. The lowest BCUT2D eigenvalue weighted by Gasteiger charge is -2.12. The minimum Gasteiger partial charge on any atom is -0.456 e. The minimum atomic E-state index is 0.502. The van der Waals surface area contributed by atoms with E-state index < -0.39 is 0 Å². The van der Waals surface area contributed by atoms with Gasteiger partial charge in [-0.1, -0.05) is 109 Å². The number of thiazole rings is 1. The summed E-state index contributed by atoms with van der Waals surface area (Å²) in [5.41, 5.74) is 10.4. The van der Waals surface area contributed by atoms with Crippen LogP contribution in [0.15, 0.2) is 185 Å². The highest BCUT2D eigenvalue weighted by Gasteiger charge is 2.21. The van der Waals surface area contributed by atoms with Crippen molar-refractivity contribution in [3.05, 3.63) is 176 Å². The Morgan fingerprint density at radius 3 is 1.93 bits per heavy atom. The summed E-state index contributed by atoms with van der Waals surface area (Å²) in [5, 5.41) is 5.20. The van der Waals surface area contributed by atoms with Gasteiger partial charge < -0.3 is 8.83 Å². The van der Waals surface area contributed by atoms with Gasteiger partial charge in [0.25, 0.3) is 0 Å². The van der Waals surface area contributed by atoms with Gasteiger partial charge in [0.15, 0.2) is 23.1 Å². The smallest absolute Gasteiger partial charge is 0.227 e. The molecule has 0 spiro atoms. The van der Waals surface area contributed by atoms with Gasteiger partial charge in [-0.05, 0) is 88.6 Å². The van der Waals surface area contributed by atoms with Crippen molar-refractivity contribution in [2.24, 2.45) is 0 Å². The Hall–Kier alpha value is -7.81. The molecule has 4 aromatic heterocycles. The first-order valence-corrected chi connectivity index (χ1v) is 20.1. The Morgan fingerprint density at radius 2 is 1.03 bits per heavy atom. The fourth-order valence-electron chi connectivity index (χ4n) is 7.92. The molecular weight excluding hydrogens is 747 g/mol. The van der Waals surface area contributed by atoms with Gasteiger partial charge in [0.1, 0.15) is 21.7 Å². The van der Waals surface area contributed by atoms with Crippen LogP contribution in [0.2, 0.25) is 0 Å². The molecule has 59 heavy (non-hydrogen) atoms. The van der Waals surface area contributed by atoms with Gasteiger partial charge in [-0.3, -0.25) is 0 Å². The van der Waals surface area contributed by atoms with Crippen LogP contribution < -0.4 is 0 Å². The van der Waals surface area contributed by atoms with E-state index in [0.717, 1.165) is 81.6 Å². The van der Waals surface area contributed by atoms with Crippen molar-refractivity contribution in [3.8, 4) is 67.3 Å². The fourth-order valence-corrected chi connectivity index (χ4v) is 8.87. The summed E-state index contributed by atoms with van der Waals surface area (Å²) in [6, 6.07) is 59.7. The van der Waals surface area contributed by atoms with Gasteiger partial charge in [-0.25, -0.2) is 24.9 Å². The van der Waals surface area contributed by atoms with E-state index in [0.29, 0.717) is 28.9 Å². The van der Waals surface area contributed by atoms with Crippen molar-refractivity contribution in [3.63, 3.8) is 0 Å². The molecule has 8 aromatic carbocycles. The third-order valence-corrected chi connectivity index (χ3v) is 11.8. The summed E-state index contributed by atoms with van der Waals surface area (Å²) in [6.07, 6.45) is 0. The molecule has 0 aliphatic heterocycles. The van der Waals surface area contributed by atoms with Gasteiger partial charge in [0.2, 0.25) is 5.89 Å². The SMILES string of the molecule is c1cc(-c2ccc3ccccc3c2)cc(-c2nc(-c3cc(-c4nc5ccccc5o4)cc(-c4nc5ccccc5s4)c3)nc(-c3cccc4oc5ccccc5c34)n2)c1. The second kappa shape index (κ2) is 13.4. The monoisotopic (exact) mass is 775 g/mol. The molecule has 0 bridgehead atoms. The molecule has 0 amide bonds. The molecule has 0 radical (unpaired) electrons. The normalized spacial score (nSPS) is 11.7. The lowest BCUT2D eigenvalue weighted by atomic mass is 9.99. The predicted molar refractivity (Wildman–Crippen MR) is 238 cm³/mol. The first-order chi connectivity index (χ1) is 29.2. The molecule has 276 valence electrons. The number of para-hydroxylation sites is 4. The molecule has 0 atom stereocenters. The van der Waals surface area contributed by atoms with Crippen LogP contribution in [0.3, 0.4) is 0 Å². The summed E-state index contributed by atoms with van der Waals surface area (Å²) >= 11 is 1.64. The molecule has 12 rings (SSSR count). The number of hydrogen-bond acceptors (Lipinski definition) is 8. The average Bonchev–Trinajstić information content (AvgIpc) is 4.04. The first-order valence-electron chi connectivity index (χ1n) is 19.3. The van der Waals surface area contributed by atoms with E-state index in [1.807, 2.05) is 78.9 Å². The minimum absolute atomic E-state index is 0.502. The molecule has 0 aliphatic carbocycles. The standard InChI is InChI=1S/C51H29N5O2S/c1-2-12-31-25-33(24-23-30(31)11-1)32-13-9-14-34(26-32)47-54-48(56-49(55-47)39-16-10-21-44-46(39)38-15-3-6-19-42(38)57-44)35-27-36(50-52-40-17-4-7-20-43(40)58-50)29-37(28-35)51-53-41-18-5-8-22-45(41)59-51/h1-29H. The number of fused-ring (bicyclic) bond motifs is 6. The number of rotatable bonds is 6. The lowest BCUT2D eigenvalue weighted by molar-refractivity contribution is 0.620. The number of furan rings is 1. The van der Waals surface area contributed by atoms with Crippen LogP contribution in [-0.4, -0.2) is 24.9 Å². The number of oxazole rings is 1. The van der Waals surface area contributed by atoms with Crippen molar-refractivity contribution in [2.75, 3.05) is 0 Å². The van der Waals surface area contributed by atoms with Crippen LogP contribution in [0.4, 0.5) is 0 Å². The molecule has 0 aliphatic rings.